The molecule has 0 saturated heterocycles. The molecule has 1 aliphatic carbocycles. The molecule has 2 heterocycles. The molecule has 8 nitrogen and oxygen atoms in total. The lowest BCUT2D eigenvalue weighted by molar-refractivity contribution is -0.122. The summed E-state index contributed by atoms with van der Waals surface area (Å²) in [7, 11) is 0. The van der Waals surface area contributed by atoms with E-state index in [0.717, 1.165) is 42.8 Å². The molecule has 0 radical (unpaired) electrons. The summed E-state index contributed by atoms with van der Waals surface area (Å²) in [6, 6.07) is 0.324. The lowest BCUT2D eigenvalue weighted by Gasteiger charge is -2.11. The van der Waals surface area contributed by atoms with E-state index in [1.54, 1.807) is 17.1 Å². The number of rotatable bonds is 7. The first-order valence-corrected chi connectivity index (χ1v) is 8.99. The Hall–Kier alpha value is -2.51. The van der Waals surface area contributed by atoms with Crippen molar-refractivity contribution in [3.63, 3.8) is 0 Å². The highest BCUT2D eigenvalue weighted by atomic mass is 16.2. The fourth-order valence-electron chi connectivity index (χ4n) is 3.13. The molecular weight excluding hydrogens is 318 g/mol. The van der Waals surface area contributed by atoms with Gasteiger partial charge in [-0.25, -0.2) is 4.98 Å². The summed E-state index contributed by atoms with van der Waals surface area (Å²) in [5.74, 6) is 0.448. The number of amides is 1. The summed E-state index contributed by atoms with van der Waals surface area (Å²) in [4.78, 5) is 16.6. The summed E-state index contributed by atoms with van der Waals surface area (Å²) in [5, 5.41) is 18.7. The first-order chi connectivity index (χ1) is 12.2. The maximum atomic E-state index is 12.1. The Morgan fingerprint density at radius 1 is 1.20 bits per heavy atom. The van der Waals surface area contributed by atoms with Crippen LogP contribution in [0, 0.1) is 0 Å². The van der Waals surface area contributed by atoms with E-state index in [0.29, 0.717) is 12.0 Å². The molecule has 1 aliphatic rings. The van der Waals surface area contributed by atoms with E-state index in [1.165, 1.54) is 12.8 Å². The van der Waals surface area contributed by atoms with Crippen LogP contribution >= 0.6 is 0 Å². The molecule has 2 N–H and O–H groups in total. The van der Waals surface area contributed by atoms with E-state index in [-0.39, 0.29) is 12.5 Å². The number of nitrogens with one attached hydrogen (secondary N) is 2. The van der Waals surface area contributed by atoms with Gasteiger partial charge in [-0.05, 0) is 25.7 Å². The van der Waals surface area contributed by atoms with Gasteiger partial charge in [0.15, 0.2) is 0 Å². The Morgan fingerprint density at radius 2 is 1.96 bits per heavy atom. The minimum absolute atomic E-state index is 0.0000321. The van der Waals surface area contributed by atoms with Gasteiger partial charge in [0, 0.05) is 12.2 Å². The topological polar surface area (TPSA) is 97.6 Å². The highest BCUT2D eigenvalue weighted by Crippen LogP contribution is 2.17. The fraction of sp³-hybridized carbons (Fsp3) is 0.588. The average molecular weight is 343 g/mol. The number of carbonyl (C=O) groups is 1. The molecule has 0 aliphatic heterocycles. The van der Waals surface area contributed by atoms with Gasteiger partial charge in [-0.1, -0.05) is 26.7 Å². The van der Waals surface area contributed by atoms with Crippen molar-refractivity contribution in [3.05, 3.63) is 23.8 Å². The number of anilines is 2. The van der Waals surface area contributed by atoms with Crippen molar-refractivity contribution in [2.45, 2.75) is 65.0 Å². The third kappa shape index (κ3) is 4.52. The van der Waals surface area contributed by atoms with E-state index in [9.17, 15) is 4.79 Å². The molecule has 1 amide bonds. The van der Waals surface area contributed by atoms with Crippen LogP contribution in [0.1, 0.15) is 50.9 Å². The monoisotopic (exact) mass is 343 g/mol. The largest absolute Gasteiger partial charge is 0.352 e. The molecule has 25 heavy (non-hydrogen) atoms. The van der Waals surface area contributed by atoms with E-state index in [4.69, 9.17) is 0 Å². The molecule has 2 aromatic rings. The predicted molar refractivity (Wildman–Crippen MR) is 94.5 cm³/mol. The molecule has 3 rings (SSSR count). The third-order valence-corrected chi connectivity index (χ3v) is 4.42. The second-order valence-electron chi connectivity index (χ2n) is 6.34. The minimum Gasteiger partial charge on any atom is -0.352 e. The number of carbonyl (C=O) groups excluding carboxylic acids is 1. The van der Waals surface area contributed by atoms with Gasteiger partial charge in [0.1, 0.15) is 6.54 Å². The van der Waals surface area contributed by atoms with Crippen molar-refractivity contribution in [2.75, 3.05) is 5.32 Å². The maximum absolute atomic E-state index is 12.1. The highest BCUT2D eigenvalue weighted by molar-refractivity contribution is 5.76. The van der Waals surface area contributed by atoms with Gasteiger partial charge in [0.25, 0.3) is 0 Å². The van der Waals surface area contributed by atoms with Crippen LogP contribution in [0.3, 0.4) is 0 Å². The van der Waals surface area contributed by atoms with Gasteiger partial charge in [-0.3, -0.25) is 9.48 Å². The van der Waals surface area contributed by atoms with Crippen LogP contribution in [0.25, 0.3) is 0 Å². The number of aryl methyl sites for hydroxylation is 2. The van der Waals surface area contributed by atoms with Crippen LogP contribution in [0.15, 0.2) is 12.4 Å². The summed E-state index contributed by atoms with van der Waals surface area (Å²) in [6.07, 6.45) is 9.62. The summed E-state index contributed by atoms with van der Waals surface area (Å²) in [5.41, 5.74) is 2.61. The normalized spacial score (nSPS) is 14.6. The van der Waals surface area contributed by atoms with Gasteiger partial charge in [-0.2, -0.15) is 5.10 Å². The van der Waals surface area contributed by atoms with Crippen molar-refractivity contribution in [1.82, 2.24) is 30.3 Å². The summed E-state index contributed by atoms with van der Waals surface area (Å²) in [6.45, 7) is 4.30. The van der Waals surface area contributed by atoms with Crippen LogP contribution < -0.4 is 10.6 Å². The van der Waals surface area contributed by atoms with E-state index >= 15 is 0 Å². The lowest BCUT2D eigenvalue weighted by atomic mass is 10.2. The molecule has 8 heteroatoms. The quantitative estimate of drug-likeness (QED) is 0.798. The molecule has 0 aromatic carbocycles. The lowest BCUT2D eigenvalue weighted by Crippen LogP contribution is -2.35. The number of nitrogens with zero attached hydrogens (tertiary/aromatic N) is 5. The molecule has 1 fully saturated rings. The second-order valence-corrected chi connectivity index (χ2v) is 6.34. The van der Waals surface area contributed by atoms with E-state index < -0.39 is 0 Å². The van der Waals surface area contributed by atoms with E-state index in [1.807, 2.05) is 13.8 Å². The molecule has 2 aromatic heterocycles. The molecule has 0 unspecified atom stereocenters. The SMILES string of the molecule is CCc1nnc(Nc2cnn(CC(=O)NC3CCCC3)c2)nc1CC. The number of hydrogen-bond donors (Lipinski definition) is 2. The number of hydrogen-bond acceptors (Lipinski definition) is 6. The van der Waals surface area contributed by atoms with Crippen molar-refractivity contribution >= 4 is 17.5 Å². The van der Waals surface area contributed by atoms with Crippen LogP contribution in [0.5, 0.6) is 0 Å². The molecule has 1 saturated carbocycles. The third-order valence-electron chi connectivity index (χ3n) is 4.42. The van der Waals surface area contributed by atoms with Crippen LogP contribution in [-0.4, -0.2) is 36.9 Å². The van der Waals surface area contributed by atoms with Gasteiger partial charge >= 0.3 is 0 Å². The Balaban J connectivity index is 1.58. The van der Waals surface area contributed by atoms with Crippen LogP contribution in [0.4, 0.5) is 11.6 Å². The summed E-state index contributed by atoms with van der Waals surface area (Å²) >= 11 is 0. The van der Waals surface area contributed by atoms with E-state index in [2.05, 4.69) is 30.9 Å². The van der Waals surface area contributed by atoms with Crippen molar-refractivity contribution in [1.29, 1.82) is 0 Å². The predicted octanol–water partition coefficient (Wildman–Crippen LogP) is 2.00. The highest BCUT2D eigenvalue weighted by Gasteiger charge is 2.17. The van der Waals surface area contributed by atoms with Crippen LogP contribution in [0.2, 0.25) is 0 Å². The first kappa shape index (κ1) is 17.3. The average Bonchev–Trinajstić information content (AvgIpc) is 3.27. The Labute approximate surface area is 147 Å². The smallest absolute Gasteiger partial charge is 0.247 e. The molecular formula is C17H25N7O. The zero-order valence-electron chi connectivity index (χ0n) is 14.8. The minimum atomic E-state index is 0.0000321. The van der Waals surface area contributed by atoms with Crippen molar-refractivity contribution in [3.8, 4) is 0 Å². The standard InChI is InChI=1S/C17H25N7O/c1-3-14-15(4-2)22-23-17(21-14)20-13-9-18-24(10-13)11-16(25)19-12-7-5-6-8-12/h9-10,12H,3-8,11H2,1-2H3,(H,19,25)(H,20,21,23). The molecule has 0 bridgehead atoms. The Bertz CT molecular complexity index is 722. The first-order valence-electron chi connectivity index (χ1n) is 8.99. The van der Waals surface area contributed by atoms with Gasteiger partial charge in [-0.15, -0.1) is 10.2 Å². The Morgan fingerprint density at radius 3 is 2.68 bits per heavy atom. The number of aromatic nitrogens is 5. The summed E-state index contributed by atoms with van der Waals surface area (Å²) < 4.78 is 1.61. The molecule has 134 valence electrons. The van der Waals surface area contributed by atoms with Crippen LogP contribution in [-0.2, 0) is 24.2 Å². The maximum Gasteiger partial charge on any atom is 0.247 e. The van der Waals surface area contributed by atoms with Gasteiger partial charge < -0.3 is 10.6 Å². The molecule has 0 spiro atoms. The Kier molecular flexibility index (Phi) is 5.57. The second kappa shape index (κ2) is 8.04. The fourth-order valence-corrected chi connectivity index (χ4v) is 3.13. The van der Waals surface area contributed by atoms with Crippen molar-refractivity contribution < 1.29 is 4.79 Å². The zero-order chi connectivity index (χ0) is 17.6. The van der Waals surface area contributed by atoms with Gasteiger partial charge in [0.2, 0.25) is 11.9 Å². The molecule has 0 atom stereocenters. The van der Waals surface area contributed by atoms with Crippen molar-refractivity contribution in [2.24, 2.45) is 0 Å². The zero-order valence-corrected chi connectivity index (χ0v) is 14.8. The van der Waals surface area contributed by atoms with Gasteiger partial charge in [0.05, 0.1) is 23.3 Å².